The fourth-order valence-electron chi connectivity index (χ4n) is 4.42. The summed E-state index contributed by atoms with van der Waals surface area (Å²) >= 11 is 0. The van der Waals surface area contributed by atoms with E-state index in [1.807, 2.05) is 0 Å². The number of ketones is 1. The summed E-state index contributed by atoms with van der Waals surface area (Å²) in [6.07, 6.45) is 0.126. The minimum absolute atomic E-state index is 0.118. The van der Waals surface area contributed by atoms with Crippen LogP contribution in [0.1, 0.15) is 66.2 Å². The van der Waals surface area contributed by atoms with Gasteiger partial charge in [0, 0.05) is 20.0 Å². The maximum atomic E-state index is 13.5. The second kappa shape index (κ2) is 10.4. The number of likely N-dealkylation sites (N-methyl/N-ethyl adjacent to an activating group) is 1. The molecule has 3 atom stereocenters. The van der Waals surface area contributed by atoms with Gasteiger partial charge in [-0.25, -0.2) is 13.6 Å². The fraction of sp³-hybridized carbons (Fsp3) is 0.783. The quantitative estimate of drug-likeness (QED) is 0.353. The van der Waals surface area contributed by atoms with Crippen molar-refractivity contribution in [2.24, 2.45) is 10.8 Å². The Morgan fingerprint density at radius 3 is 2.11 bits per heavy atom. The van der Waals surface area contributed by atoms with Crippen molar-refractivity contribution in [3.63, 3.8) is 0 Å². The topological polar surface area (TPSA) is 145 Å². The van der Waals surface area contributed by atoms with Crippen molar-refractivity contribution < 1.29 is 37.9 Å². The number of carboxylic acid groups (broad SMARTS) is 1. The normalized spacial score (nSPS) is 21.0. The molecule has 2 fully saturated rings. The standard InChI is InChI=1S/C23H36F2N4O6/c1-21(2,3)16(28-20(34)35)19(33)29-11-10-23(8-9-23)12-14(29)17(31)27-13(6-7-22(4,24)25)15(30)18(32)26-5/h13-14,16,28H,6-12H2,1-5H3,(H,26,32)(H,27,31)(H,34,35). The zero-order valence-electron chi connectivity index (χ0n) is 20.9. The summed E-state index contributed by atoms with van der Waals surface area (Å²) in [7, 11) is 1.22. The molecule has 1 aliphatic carbocycles. The van der Waals surface area contributed by atoms with Gasteiger partial charge in [0.1, 0.15) is 12.1 Å². The van der Waals surface area contributed by atoms with Gasteiger partial charge in [0.05, 0.1) is 6.04 Å². The Kier molecular flexibility index (Phi) is 8.49. The number of amides is 4. The lowest BCUT2D eigenvalue weighted by atomic mass is 9.82. The largest absolute Gasteiger partial charge is 0.465 e. The summed E-state index contributed by atoms with van der Waals surface area (Å²) in [4.78, 5) is 63.8. The third-order valence-corrected chi connectivity index (χ3v) is 6.77. The number of carbonyl (C=O) groups excluding carboxylic acids is 4. The highest BCUT2D eigenvalue weighted by molar-refractivity contribution is 6.38. The first-order valence-electron chi connectivity index (χ1n) is 11.7. The number of nitrogens with one attached hydrogen (secondary N) is 3. The Labute approximate surface area is 203 Å². The van der Waals surface area contributed by atoms with Gasteiger partial charge in [-0.15, -0.1) is 0 Å². The maximum Gasteiger partial charge on any atom is 0.405 e. The second-order valence-corrected chi connectivity index (χ2v) is 10.9. The molecule has 1 spiro atoms. The maximum absolute atomic E-state index is 13.5. The van der Waals surface area contributed by atoms with Gasteiger partial charge in [-0.3, -0.25) is 19.2 Å². The van der Waals surface area contributed by atoms with Gasteiger partial charge in [-0.05, 0) is 49.9 Å². The number of halogens is 2. The van der Waals surface area contributed by atoms with E-state index >= 15 is 0 Å². The predicted octanol–water partition coefficient (Wildman–Crippen LogP) is 1.68. The lowest BCUT2D eigenvalue weighted by molar-refractivity contribution is -0.148. The molecule has 3 unspecified atom stereocenters. The van der Waals surface area contributed by atoms with Crippen molar-refractivity contribution in [2.75, 3.05) is 13.6 Å². The summed E-state index contributed by atoms with van der Waals surface area (Å²) in [5.74, 6) is -6.50. The summed E-state index contributed by atoms with van der Waals surface area (Å²) in [5.41, 5.74) is -0.914. The van der Waals surface area contributed by atoms with E-state index < -0.39 is 71.9 Å². The van der Waals surface area contributed by atoms with Crippen LogP contribution in [0.25, 0.3) is 0 Å². The van der Waals surface area contributed by atoms with Gasteiger partial charge < -0.3 is 26.0 Å². The number of nitrogens with zero attached hydrogens (tertiary/aromatic N) is 1. The summed E-state index contributed by atoms with van der Waals surface area (Å²) < 4.78 is 26.9. The van der Waals surface area contributed by atoms with Gasteiger partial charge in [0.2, 0.25) is 23.5 Å². The Balaban J connectivity index is 2.31. The Morgan fingerprint density at radius 2 is 1.66 bits per heavy atom. The highest BCUT2D eigenvalue weighted by Gasteiger charge is 2.52. The molecule has 2 aliphatic rings. The molecule has 4 N–H and O–H groups in total. The Bertz CT molecular complexity index is 863. The monoisotopic (exact) mass is 502 g/mol. The van der Waals surface area contributed by atoms with E-state index in [2.05, 4.69) is 16.0 Å². The van der Waals surface area contributed by atoms with E-state index in [0.29, 0.717) is 19.8 Å². The van der Waals surface area contributed by atoms with Crippen molar-refractivity contribution in [3.05, 3.63) is 0 Å². The van der Waals surface area contributed by atoms with Crippen LogP contribution in [0.15, 0.2) is 0 Å². The van der Waals surface area contributed by atoms with E-state index in [4.69, 9.17) is 0 Å². The summed E-state index contributed by atoms with van der Waals surface area (Å²) in [5, 5.41) is 16.0. The van der Waals surface area contributed by atoms with Crippen LogP contribution in [-0.4, -0.2) is 77.2 Å². The van der Waals surface area contributed by atoms with Crippen LogP contribution in [-0.2, 0) is 19.2 Å². The second-order valence-electron chi connectivity index (χ2n) is 10.9. The first kappa shape index (κ1) is 28.4. The molecule has 1 saturated heterocycles. The number of likely N-dealkylation sites (tertiary alicyclic amines) is 1. The van der Waals surface area contributed by atoms with Gasteiger partial charge in [-0.1, -0.05) is 20.8 Å². The van der Waals surface area contributed by atoms with Crippen LogP contribution < -0.4 is 16.0 Å². The molecule has 1 heterocycles. The average molecular weight is 503 g/mol. The molecule has 0 bridgehead atoms. The lowest BCUT2D eigenvalue weighted by Gasteiger charge is -2.42. The summed E-state index contributed by atoms with van der Waals surface area (Å²) in [6.45, 7) is 5.96. The number of alkyl halides is 2. The minimum Gasteiger partial charge on any atom is -0.465 e. The predicted molar refractivity (Wildman–Crippen MR) is 122 cm³/mol. The lowest BCUT2D eigenvalue weighted by Crippen LogP contribution is -2.62. The van der Waals surface area contributed by atoms with Crippen LogP contribution in [0.2, 0.25) is 0 Å². The highest BCUT2D eigenvalue weighted by atomic mass is 19.3. The molecule has 0 aromatic carbocycles. The molecular formula is C23H36F2N4O6. The van der Waals surface area contributed by atoms with Crippen LogP contribution in [0.4, 0.5) is 13.6 Å². The van der Waals surface area contributed by atoms with E-state index in [-0.39, 0.29) is 12.0 Å². The van der Waals surface area contributed by atoms with E-state index in [1.54, 1.807) is 20.8 Å². The Hall–Kier alpha value is -2.79. The number of piperidine rings is 1. The third kappa shape index (κ3) is 7.60. The minimum atomic E-state index is -3.11. The molecule has 10 nitrogen and oxygen atoms in total. The number of hydrogen-bond donors (Lipinski definition) is 4. The van der Waals surface area contributed by atoms with Crippen molar-refractivity contribution in [1.82, 2.24) is 20.9 Å². The van der Waals surface area contributed by atoms with Gasteiger partial charge in [0.15, 0.2) is 0 Å². The van der Waals surface area contributed by atoms with Gasteiger partial charge in [-0.2, -0.15) is 0 Å². The summed E-state index contributed by atoms with van der Waals surface area (Å²) in [6, 6.07) is -3.65. The molecule has 12 heteroatoms. The molecule has 0 radical (unpaired) electrons. The smallest absolute Gasteiger partial charge is 0.405 e. The molecule has 2 rings (SSSR count). The molecule has 0 aromatic rings. The van der Waals surface area contributed by atoms with Crippen molar-refractivity contribution >= 4 is 29.6 Å². The SMILES string of the molecule is CNC(=O)C(=O)C(CCC(C)(F)F)NC(=O)C1CC2(CCN1C(=O)C(NC(=O)O)C(C)(C)C)CC2. The first-order chi connectivity index (χ1) is 16.0. The Morgan fingerprint density at radius 1 is 1.06 bits per heavy atom. The highest BCUT2D eigenvalue weighted by Crippen LogP contribution is 2.55. The number of Topliss-reactive ketones (excluding diaryl/α,β-unsaturated/α-hetero) is 1. The van der Waals surface area contributed by atoms with Gasteiger partial charge in [0.25, 0.3) is 5.91 Å². The molecule has 35 heavy (non-hydrogen) atoms. The van der Waals surface area contributed by atoms with Gasteiger partial charge >= 0.3 is 6.09 Å². The number of rotatable bonds is 9. The van der Waals surface area contributed by atoms with Crippen LogP contribution >= 0.6 is 0 Å². The first-order valence-corrected chi connectivity index (χ1v) is 11.7. The third-order valence-electron chi connectivity index (χ3n) is 6.77. The van der Waals surface area contributed by atoms with Crippen LogP contribution in [0.3, 0.4) is 0 Å². The van der Waals surface area contributed by atoms with E-state index in [1.165, 1.54) is 11.9 Å². The molecule has 0 aromatic heterocycles. The molecule has 1 saturated carbocycles. The van der Waals surface area contributed by atoms with Crippen LogP contribution in [0.5, 0.6) is 0 Å². The zero-order valence-corrected chi connectivity index (χ0v) is 20.9. The average Bonchev–Trinajstić information content (AvgIpc) is 3.50. The van der Waals surface area contributed by atoms with Crippen LogP contribution in [0, 0.1) is 10.8 Å². The fourth-order valence-corrected chi connectivity index (χ4v) is 4.42. The van der Waals surface area contributed by atoms with Crippen molar-refractivity contribution in [3.8, 4) is 0 Å². The molecule has 4 amide bonds. The zero-order chi connectivity index (χ0) is 26.8. The molecular weight excluding hydrogens is 466 g/mol. The van der Waals surface area contributed by atoms with E-state index in [9.17, 15) is 37.9 Å². The van der Waals surface area contributed by atoms with Crippen molar-refractivity contribution in [1.29, 1.82) is 0 Å². The molecule has 198 valence electrons. The van der Waals surface area contributed by atoms with E-state index in [0.717, 1.165) is 12.8 Å². The molecule has 1 aliphatic heterocycles. The number of hydrogen-bond acceptors (Lipinski definition) is 5. The number of carbonyl (C=O) groups is 5. The van der Waals surface area contributed by atoms with Crippen molar-refractivity contribution in [2.45, 2.75) is 90.3 Å².